The maximum atomic E-state index is 13.6. The maximum absolute atomic E-state index is 13.6. The van der Waals surface area contributed by atoms with Crippen LogP contribution < -0.4 is 0 Å². The van der Waals surface area contributed by atoms with Crippen LogP contribution in [0.15, 0.2) is 17.0 Å². The van der Waals surface area contributed by atoms with Crippen LogP contribution in [-0.4, -0.2) is 79.4 Å². The molecule has 1 saturated heterocycles. The monoisotopic (exact) mass is 517 g/mol. The van der Waals surface area contributed by atoms with Crippen molar-refractivity contribution in [1.82, 2.24) is 14.1 Å². The highest BCUT2D eigenvalue weighted by atomic mass is 32.2. The van der Waals surface area contributed by atoms with Gasteiger partial charge >= 0.3 is 6.18 Å². The average Bonchev–Trinajstić information content (AvgIpc) is 2.75. The number of benzene rings is 1. The van der Waals surface area contributed by atoms with Crippen LogP contribution in [0.4, 0.5) is 13.2 Å². The highest BCUT2D eigenvalue weighted by molar-refractivity contribution is 7.89. The Labute approximate surface area is 207 Å². The largest absolute Gasteiger partial charge is 0.402 e. The number of amides is 1. The van der Waals surface area contributed by atoms with E-state index < -0.39 is 28.8 Å². The van der Waals surface area contributed by atoms with Crippen molar-refractivity contribution in [1.29, 1.82) is 0 Å². The molecule has 0 radical (unpaired) electrons. The molecule has 0 N–H and O–H groups in total. The Hall–Kier alpha value is -1.65. The fourth-order valence-electron chi connectivity index (χ4n) is 5.61. The van der Waals surface area contributed by atoms with E-state index in [9.17, 15) is 26.4 Å². The van der Waals surface area contributed by atoms with Gasteiger partial charge in [0.05, 0.1) is 4.90 Å². The van der Waals surface area contributed by atoms with Gasteiger partial charge in [0.2, 0.25) is 15.9 Å². The van der Waals surface area contributed by atoms with E-state index in [0.717, 1.165) is 18.7 Å². The standard InChI is InChI=1S/C25H38F3N3O3S/c1-17(2)29-10-12-30(13-11-29)24(32)21-6-8-22(9-7-21)31(16-25(26,27)28)35(33,34)23-19(4)14-18(3)15-20(23)5/h14-15,17,21-22H,6-13,16H2,1-5H3. The molecule has 6 nitrogen and oxygen atoms in total. The first-order valence-electron chi connectivity index (χ1n) is 12.4. The zero-order valence-corrected chi connectivity index (χ0v) is 22.2. The number of carbonyl (C=O) groups excluding carboxylic acids is 1. The number of hydrogen-bond acceptors (Lipinski definition) is 4. The van der Waals surface area contributed by atoms with Crippen molar-refractivity contribution in [3.8, 4) is 0 Å². The summed E-state index contributed by atoms with van der Waals surface area (Å²) in [5, 5.41) is 0. The van der Waals surface area contributed by atoms with E-state index in [1.54, 1.807) is 26.0 Å². The topological polar surface area (TPSA) is 60.9 Å². The molecule has 2 fully saturated rings. The van der Waals surface area contributed by atoms with Gasteiger partial charge in [-0.2, -0.15) is 17.5 Å². The maximum Gasteiger partial charge on any atom is 0.402 e. The molecule has 1 amide bonds. The first-order chi connectivity index (χ1) is 16.2. The first kappa shape index (κ1) is 27.9. The van der Waals surface area contributed by atoms with Crippen LogP contribution in [0.5, 0.6) is 0 Å². The molecule has 10 heteroatoms. The second kappa shape index (κ2) is 10.8. The third kappa shape index (κ3) is 6.57. The summed E-state index contributed by atoms with van der Waals surface area (Å²) in [5.41, 5.74) is 1.74. The molecule has 1 aliphatic heterocycles. The van der Waals surface area contributed by atoms with Gasteiger partial charge in [-0.15, -0.1) is 0 Å². The minimum Gasteiger partial charge on any atom is -0.340 e. The van der Waals surface area contributed by atoms with Crippen LogP contribution in [0.3, 0.4) is 0 Å². The van der Waals surface area contributed by atoms with E-state index in [1.165, 1.54) is 0 Å². The van der Waals surface area contributed by atoms with Crippen molar-refractivity contribution >= 4 is 15.9 Å². The van der Waals surface area contributed by atoms with E-state index in [4.69, 9.17) is 0 Å². The predicted molar refractivity (Wildman–Crippen MR) is 130 cm³/mol. The van der Waals surface area contributed by atoms with Crippen molar-refractivity contribution < 1.29 is 26.4 Å². The number of halogens is 3. The van der Waals surface area contributed by atoms with E-state index in [1.807, 2.05) is 11.8 Å². The van der Waals surface area contributed by atoms with Crippen LogP contribution in [0.2, 0.25) is 0 Å². The van der Waals surface area contributed by atoms with Crippen molar-refractivity contribution in [2.75, 3.05) is 32.7 Å². The Kier molecular flexibility index (Phi) is 8.59. The molecule has 0 spiro atoms. The van der Waals surface area contributed by atoms with Gasteiger partial charge < -0.3 is 4.90 Å². The van der Waals surface area contributed by atoms with Gasteiger partial charge in [-0.25, -0.2) is 8.42 Å². The number of aryl methyl sites for hydroxylation is 3. The average molecular weight is 518 g/mol. The fraction of sp³-hybridized carbons (Fsp3) is 0.720. The lowest BCUT2D eigenvalue weighted by molar-refractivity contribution is -0.144. The van der Waals surface area contributed by atoms with Gasteiger partial charge in [-0.3, -0.25) is 9.69 Å². The predicted octanol–water partition coefficient (Wildman–Crippen LogP) is 4.28. The molecule has 2 aliphatic rings. The molecule has 1 aliphatic carbocycles. The Morgan fingerprint density at radius 2 is 1.51 bits per heavy atom. The van der Waals surface area contributed by atoms with Crippen molar-refractivity contribution in [3.63, 3.8) is 0 Å². The summed E-state index contributed by atoms with van der Waals surface area (Å²) in [4.78, 5) is 17.2. The zero-order chi connectivity index (χ0) is 26.1. The summed E-state index contributed by atoms with van der Waals surface area (Å²) < 4.78 is 68.4. The Bertz CT molecular complexity index is 988. The van der Waals surface area contributed by atoms with E-state index >= 15 is 0 Å². The molecule has 0 aromatic heterocycles. The molecule has 1 aromatic rings. The van der Waals surface area contributed by atoms with Crippen LogP contribution in [0.1, 0.15) is 56.2 Å². The van der Waals surface area contributed by atoms with Crippen LogP contribution in [0.25, 0.3) is 0 Å². The smallest absolute Gasteiger partial charge is 0.340 e. The highest BCUT2D eigenvalue weighted by Crippen LogP contribution is 2.36. The minimum absolute atomic E-state index is 0.0438. The van der Waals surface area contributed by atoms with Gasteiger partial charge in [0.15, 0.2) is 0 Å². The second-order valence-corrected chi connectivity index (χ2v) is 12.2. The van der Waals surface area contributed by atoms with Gasteiger partial charge in [-0.1, -0.05) is 17.7 Å². The molecule has 0 atom stereocenters. The molecular formula is C25H38F3N3O3S. The lowest BCUT2D eigenvalue weighted by Gasteiger charge is -2.40. The first-order valence-corrected chi connectivity index (χ1v) is 13.8. The molecule has 0 unspecified atom stereocenters. The third-order valence-corrected chi connectivity index (χ3v) is 9.52. The Balaban J connectivity index is 1.75. The summed E-state index contributed by atoms with van der Waals surface area (Å²) in [6.45, 7) is 10.7. The van der Waals surface area contributed by atoms with E-state index in [2.05, 4.69) is 18.7 Å². The van der Waals surface area contributed by atoms with E-state index in [0.29, 0.717) is 47.4 Å². The highest BCUT2D eigenvalue weighted by Gasteiger charge is 2.43. The number of nitrogens with zero attached hydrogens (tertiary/aromatic N) is 3. The van der Waals surface area contributed by atoms with Gasteiger partial charge in [-0.05, 0) is 71.4 Å². The lowest BCUT2D eigenvalue weighted by atomic mass is 9.85. The summed E-state index contributed by atoms with van der Waals surface area (Å²) in [5.74, 6) is -0.225. The Morgan fingerprint density at radius 3 is 1.97 bits per heavy atom. The second-order valence-electron chi connectivity index (χ2n) is 10.4. The third-order valence-electron chi connectivity index (χ3n) is 7.32. The molecule has 3 rings (SSSR count). The molecule has 0 bridgehead atoms. The zero-order valence-electron chi connectivity index (χ0n) is 21.4. The number of rotatable bonds is 6. The van der Waals surface area contributed by atoms with Gasteiger partial charge in [0.25, 0.3) is 0 Å². The quantitative estimate of drug-likeness (QED) is 0.565. The van der Waals surface area contributed by atoms with E-state index in [-0.39, 0.29) is 29.6 Å². The number of piperazine rings is 1. The number of sulfonamides is 1. The summed E-state index contributed by atoms with van der Waals surface area (Å²) in [6, 6.07) is 2.99. The van der Waals surface area contributed by atoms with Crippen molar-refractivity contribution in [2.24, 2.45) is 5.92 Å². The van der Waals surface area contributed by atoms with Crippen molar-refractivity contribution in [2.45, 2.75) is 83.5 Å². The minimum atomic E-state index is -4.66. The van der Waals surface area contributed by atoms with Gasteiger partial charge in [0.1, 0.15) is 6.54 Å². The van der Waals surface area contributed by atoms with Crippen LogP contribution in [-0.2, 0) is 14.8 Å². The number of hydrogen-bond donors (Lipinski definition) is 0. The number of alkyl halides is 3. The molecule has 198 valence electrons. The molecule has 1 saturated carbocycles. The molecule has 35 heavy (non-hydrogen) atoms. The fourth-order valence-corrected chi connectivity index (χ4v) is 7.69. The summed E-state index contributed by atoms with van der Waals surface area (Å²) >= 11 is 0. The Morgan fingerprint density at radius 1 is 1.00 bits per heavy atom. The lowest BCUT2D eigenvalue weighted by Crippen LogP contribution is -2.53. The normalized spacial score (nSPS) is 22.7. The summed E-state index contributed by atoms with van der Waals surface area (Å²) in [6.07, 6.45) is -3.40. The van der Waals surface area contributed by atoms with Crippen LogP contribution in [0, 0.1) is 26.7 Å². The molecule has 1 aromatic carbocycles. The van der Waals surface area contributed by atoms with Crippen molar-refractivity contribution in [3.05, 3.63) is 28.8 Å². The van der Waals surface area contributed by atoms with Gasteiger partial charge in [0, 0.05) is 44.2 Å². The molecular weight excluding hydrogens is 479 g/mol. The molecule has 1 heterocycles. The number of carbonyl (C=O) groups is 1. The SMILES string of the molecule is Cc1cc(C)c(S(=O)(=O)N(CC(F)(F)F)C2CCC(C(=O)N3CCN(C(C)C)CC3)CC2)c(C)c1. The summed E-state index contributed by atoms with van der Waals surface area (Å²) in [7, 11) is -4.37. The van der Waals surface area contributed by atoms with Crippen LogP contribution >= 0.6 is 0 Å².